The van der Waals surface area contributed by atoms with Crippen molar-refractivity contribution in [3.63, 3.8) is 0 Å². The molecule has 0 nitrogen and oxygen atoms in total. The maximum absolute atomic E-state index is 13.9. The van der Waals surface area contributed by atoms with Crippen LogP contribution in [0.1, 0.15) is 55.5 Å². The first-order chi connectivity index (χ1) is 8.51. The zero-order valence-corrected chi connectivity index (χ0v) is 12.9. The van der Waals surface area contributed by atoms with Crippen LogP contribution in [0.3, 0.4) is 0 Å². The Kier molecular flexibility index (Phi) is 6.27. The van der Waals surface area contributed by atoms with Crippen LogP contribution in [0.25, 0.3) is 0 Å². The molecule has 0 saturated carbocycles. The Hall–Kier alpha value is -0.440. The van der Waals surface area contributed by atoms with Crippen LogP contribution in [-0.4, -0.2) is 0 Å². The summed E-state index contributed by atoms with van der Waals surface area (Å²) in [6, 6.07) is 2.62. The van der Waals surface area contributed by atoms with Gasteiger partial charge in [-0.25, -0.2) is 8.78 Å². The molecule has 1 aromatic carbocycles. The Morgan fingerprint density at radius 2 is 1.61 bits per heavy atom. The van der Waals surface area contributed by atoms with Gasteiger partial charge in [0.2, 0.25) is 0 Å². The van der Waals surface area contributed by atoms with Crippen molar-refractivity contribution in [2.24, 2.45) is 5.92 Å². The van der Waals surface area contributed by atoms with Gasteiger partial charge in [0.1, 0.15) is 11.6 Å². The van der Waals surface area contributed by atoms with Gasteiger partial charge in [0, 0.05) is 10.4 Å². The molecule has 0 heterocycles. The van der Waals surface area contributed by atoms with E-state index in [1.165, 1.54) is 12.1 Å². The molecule has 18 heavy (non-hydrogen) atoms. The van der Waals surface area contributed by atoms with Gasteiger partial charge >= 0.3 is 0 Å². The smallest absolute Gasteiger partial charge is 0.128 e. The van der Waals surface area contributed by atoms with Crippen LogP contribution in [0.5, 0.6) is 0 Å². The fourth-order valence-corrected chi connectivity index (χ4v) is 3.19. The van der Waals surface area contributed by atoms with E-state index in [4.69, 9.17) is 0 Å². The van der Waals surface area contributed by atoms with Gasteiger partial charge in [-0.15, -0.1) is 0 Å². The number of rotatable bonds is 6. The van der Waals surface area contributed by atoms with E-state index in [0.717, 1.165) is 25.7 Å². The third-order valence-corrected chi connectivity index (χ3v) is 4.55. The highest BCUT2D eigenvalue weighted by Crippen LogP contribution is 2.38. The van der Waals surface area contributed by atoms with E-state index in [2.05, 4.69) is 29.8 Å². The highest BCUT2D eigenvalue weighted by atomic mass is 79.9. The summed E-state index contributed by atoms with van der Waals surface area (Å²) in [5.74, 6) is -0.285. The standard InChI is InChI=1S/C15H21BrF2/c1-4-6-11(7-5-2)15(16)12-9-13(17)10(3)8-14(12)18/h8-9,11,15H,4-7H2,1-3H3. The molecule has 1 aromatic rings. The number of hydrogen-bond acceptors (Lipinski definition) is 0. The van der Waals surface area contributed by atoms with E-state index in [1.807, 2.05) is 0 Å². The summed E-state index contributed by atoms with van der Waals surface area (Å²) < 4.78 is 27.5. The Bertz CT molecular complexity index is 384. The van der Waals surface area contributed by atoms with Crippen molar-refractivity contribution in [3.8, 4) is 0 Å². The fourth-order valence-electron chi connectivity index (χ4n) is 2.31. The quantitative estimate of drug-likeness (QED) is 0.570. The lowest BCUT2D eigenvalue weighted by Crippen LogP contribution is -2.10. The van der Waals surface area contributed by atoms with Gasteiger partial charge in [0.05, 0.1) is 0 Å². The maximum atomic E-state index is 13.9. The zero-order chi connectivity index (χ0) is 13.7. The van der Waals surface area contributed by atoms with Gasteiger partial charge in [-0.2, -0.15) is 0 Å². The normalized spacial score (nSPS) is 13.1. The van der Waals surface area contributed by atoms with Gasteiger partial charge in [-0.3, -0.25) is 0 Å². The van der Waals surface area contributed by atoms with Gasteiger partial charge in [-0.1, -0.05) is 42.6 Å². The molecule has 0 aromatic heterocycles. The molecule has 1 unspecified atom stereocenters. The van der Waals surface area contributed by atoms with E-state index in [-0.39, 0.29) is 16.5 Å². The summed E-state index contributed by atoms with van der Waals surface area (Å²) in [6.07, 6.45) is 4.17. The molecule has 0 aliphatic carbocycles. The van der Waals surface area contributed by atoms with Crippen LogP contribution in [0, 0.1) is 24.5 Å². The third kappa shape index (κ3) is 3.78. The molecule has 1 atom stereocenters. The summed E-state index contributed by atoms with van der Waals surface area (Å²) in [7, 11) is 0. The van der Waals surface area contributed by atoms with Crippen molar-refractivity contribution in [1.29, 1.82) is 0 Å². The van der Waals surface area contributed by atoms with E-state index in [1.54, 1.807) is 6.92 Å². The largest absolute Gasteiger partial charge is 0.207 e. The average Bonchev–Trinajstić information content (AvgIpc) is 2.33. The van der Waals surface area contributed by atoms with Crippen LogP contribution < -0.4 is 0 Å². The minimum Gasteiger partial charge on any atom is -0.207 e. The lowest BCUT2D eigenvalue weighted by molar-refractivity contribution is 0.425. The van der Waals surface area contributed by atoms with Crippen LogP contribution in [0.4, 0.5) is 8.78 Å². The molecule has 0 saturated heterocycles. The molecule has 0 spiro atoms. The van der Waals surface area contributed by atoms with Gasteiger partial charge < -0.3 is 0 Å². The van der Waals surface area contributed by atoms with Gasteiger partial charge in [0.25, 0.3) is 0 Å². The zero-order valence-electron chi connectivity index (χ0n) is 11.3. The van der Waals surface area contributed by atoms with Crippen molar-refractivity contribution in [1.82, 2.24) is 0 Å². The first-order valence-corrected chi connectivity index (χ1v) is 7.52. The van der Waals surface area contributed by atoms with Crippen molar-refractivity contribution in [2.45, 2.75) is 51.3 Å². The van der Waals surface area contributed by atoms with E-state index in [9.17, 15) is 8.78 Å². The minimum atomic E-state index is -0.331. The topological polar surface area (TPSA) is 0 Å². The SMILES string of the molecule is CCCC(CCC)C(Br)c1cc(F)c(C)cc1F. The van der Waals surface area contributed by atoms with E-state index >= 15 is 0 Å². The van der Waals surface area contributed by atoms with Crippen molar-refractivity contribution in [2.75, 3.05) is 0 Å². The maximum Gasteiger partial charge on any atom is 0.128 e. The molecule has 0 aliphatic heterocycles. The highest BCUT2D eigenvalue weighted by molar-refractivity contribution is 9.09. The van der Waals surface area contributed by atoms with Crippen molar-refractivity contribution in [3.05, 3.63) is 34.9 Å². The second-order valence-electron chi connectivity index (χ2n) is 4.86. The number of alkyl halides is 1. The summed E-state index contributed by atoms with van der Waals surface area (Å²) in [4.78, 5) is -0.104. The summed E-state index contributed by atoms with van der Waals surface area (Å²) in [5.41, 5.74) is 0.809. The summed E-state index contributed by atoms with van der Waals surface area (Å²) in [5, 5.41) is 0. The fraction of sp³-hybridized carbons (Fsp3) is 0.600. The number of aryl methyl sites for hydroxylation is 1. The minimum absolute atomic E-state index is 0.104. The molecule has 3 heteroatoms. The molecule has 1 rings (SSSR count). The molecular formula is C15H21BrF2. The highest BCUT2D eigenvalue weighted by Gasteiger charge is 2.23. The molecule has 0 amide bonds. The third-order valence-electron chi connectivity index (χ3n) is 3.31. The van der Waals surface area contributed by atoms with Crippen molar-refractivity contribution < 1.29 is 8.78 Å². The number of halogens is 3. The molecule has 0 radical (unpaired) electrons. The monoisotopic (exact) mass is 318 g/mol. The first-order valence-electron chi connectivity index (χ1n) is 6.60. The van der Waals surface area contributed by atoms with Crippen LogP contribution in [0.2, 0.25) is 0 Å². The first kappa shape index (κ1) is 15.6. The molecule has 0 aliphatic rings. The Labute approximate surface area is 117 Å². The van der Waals surface area contributed by atoms with Gasteiger partial charge in [0.15, 0.2) is 0 Å². The number of hydrogen-bond donors (Lipinski definition) is 0. The van der Waals surface area contributed by atoms with Crippen molar-refractivity contribution >= 4 is 15.9 Å². The molecular weight excluding hydrogens is 298 g/mol. The Morgan fingerprint density at radius 3 is 2.11 bits per heavy atom. The van der Waals surface area contributed by atoms with Crippen LogP contribution >= 0.6 is 15.9 Å². The average molecular weight is 319 g/mol. The second-order valence-corrected chi connectivity index (χ2v) is 5.85. The van der Waals surface area contributed by atoms with Crippen LogP contribution in [-0.2, 0) is 0 Å². The Balaban J connectivity index is 3.00. The van der Waals surface area contributed by atoms with E-state index < -0.39 is 0 Å². The predicted molar refractivity (Wildman–Crippen MR) is 76.1 cm³/mol. The molecule has 0 bridgehead atoms. The summed E-state index contributed by atoms with van der Waals surface area (Å²) >= 11 is 3.56. The number of benzene rings is 1. The Morgan fingerprint density at radius 1 is 1.06 bits per heavy atom. The molecule has 0 fully saturated rings. The predicted octanol–water partition coefficient (Wildman–Crippen LogP) is 5.93. The van der Waals surface area contributed by atoms with Crippen LogP contribution in [0.15, 0.2) is 12.1 Å². The lowest BCUT2D eigenvalue weighted by Gasteiger charge is -2.23. The van der Waals surface area contributed by atoms with E-state index in [0.29, 0.717) is 17.0 Å². The molecule has 0 N–H and O–H groups in total. The molecule has 102 valence electrons. The second kappa shape index (κ2) is 7.22. The summed E-state index contributed by atoms with van der Waals surface area (Å²) in [6.45, 7) is 5.82. The van der Waals surface area contributed by atoms with Gasteiger partial charge in [-0.05, 0) is 43.4 Å². The lowest BCUT2D eigenvalue weighted by atomic mass is 9.90.